The number of phenolic OH excluding ortho intramolecular Hbond substituents is 3. The summed E-state index contributed by atoms with van der Waals surface area (Å²) in [6, 6.07) is 5.82. The highest BCUT2D eigenvalue weighted by Crippen LogP contribution is 2.37. The molecule has 8 nitrogen and oxygen atoms in total. The smallest absolute Gasteiger partial charge is 0.308 e. The molecule has 0 aliphatic heterocycles. The molecule has 0 bridgehead atoms. The van der Waals surface area contributed by atoms with E-state index in [0.29, 0.717) is 0 Å². The number of esters is 1. The Hall–Kier alpha value is -3.68. The third kappa shape index (κ3) is 2.80. The minimum absolute atomic E-state index is 0.0501. The number of carbonyl (C=O) groups excluding carboxylic acids is 1. The van der Waals surface area contributed by atoms with Crippen molar-refractivity contribution < 1.29 is 34.4 Å². The fraction of sp³-hybridized carbons (Fsp3) is 0.0588. The molecule has 3 rings (SSSR count). The van der Waals surface area contributed by atoms with E-state index in [2.05, 4.69) is 0 Å². The molecule has 1 aromatic heterocycles. The number of fused-ring (bicyclic) bond motifs is 1. The number of carbonyl (C=O) groups is 1. The summed E-state index contributed by atoms with van der Waals surface area (Å²) < 4.78 is 10.3. The third-order valence-corrected chi connectivity index (χ3v) is 3.42. The summed E-state index contributed by atoms with van der Waals surface area (Å²) in [6.45, 7) is 1.17. The maximum absolute atomic E-state index is 12.3. The highest BCUT2D eigenvalue weighted by atomic mass is 16.5. The average Bonchev–Trinajstić information content (AvgIpc) is 2.52. The van der Waals surface area contributed by atoms with Crippen LogP contribution in [-0.4, -0.2) is 26.4 Å². The number of rotatable bonds is 2. The molecule has 25 heavy (non-hydrogen) atoms. The van der Waals surface area contributed by atoms with Gasteiger partial charge in [-0.2, -0.15) is 0 Å². The molecule has 4 N–H and O–H groups in total. The van der Waals surface area contributed by atoms with Gasteiger partial charge in [0, 0.05) is 24.6 Å². The number of benzene rings is 2. The number of ether oxygens (including phenoxy) is 1. The van der Waals surface area contributed by atoms with E-state index in [1.807, 2.05) is 0 Å². The van der Waals surface area contributed by atoms with Crippen molar-refractivity contribution in [2.75, 3.05) is 0 Å². The van der Waals surface area contributed by atoms with Crippen LogP contribution in [0, 0.1) is 0 Å². The monoisotopic (exact) mass is 344 g/mol. The molecule has 0 spiro atoms. The summed E-state index contributed by atoms with van der Waals surface area (Å²) in [4.78, 5) is 23.4. The molecule has 0 amide bonds. The summed E-state index contributed by atoms with van der Waals surface area (Å²) in [5.74, 6) is -3.15. The second-order valence-corrected chi connectivity index (χ2v) is 5.22. The molecular weight excluding hydrogens is 332 g/mol. The zero-order chi connectivity index (χ0) is 18.3. The Balaban J connectivity index is 2.30. The maximum atomic E-state index is 12.3. The lowest BCUT2D eigenvalue weighted by molar-refractivity contribution is -0.131. The number of phenols is 3. The van der Waals surface area contributed by atoms with Crippen LogP contribution in [0.4, 0.5) is 0 Å². The number of hydrogen-bond donors (Lipinski definition) is 4. The number of aromatic hydroxyl groups is 4. The van der Waals surface area contributed by atoms with Crippen LogP contribution in [0.15, 0.2) is 39.5 Å². The van der Waals surface area contributed by atoms with E-state index in [0.717, 1.165) is 18.2 Å². The summed E-state index contributed by atoms with van der Waals surface area (Å²) >= 11 is 0. The van der Waals surface area contributed by atoms with E-state index >= 15 is 0 Å². The SMILES string of the molecule is CC(=O)Oc1cc(O)c2c(=O)c(O)c(-c3ccc(O)c(O)c3)oc2c1. The van der Waals surface area contributed by atoms with Crippen LogP contribution >= 0.6 is 0 Å². The lowest BCUT2D eigenvalue weighted by Gasteiger charge is -2.09. The minimum Gasteiger partial charge on any atom is -0.507 e. The van der Waals surface area contributed by atoms with Crippen molar-refractivity contribution in [2.45, 2.75) is 6.92 Å². The topological polar surface area (TPSA) is 137 Å². The van der Waals surface area contributed by atoms with Crippen LogP contribution in [0.3, 0.4) is 0 Å². The zero-order valence-electron chi connectivity index (χ0n) is 12.8. The summed E-state index contributed by atoms with van der Waals surface area (Å²) in [7, 11) is 0. The van der Waals surface area contributed by atoms with Crippen molar-refractivity contribution in [1.29, 1.82) is 0 Å². The van der Waals surface area contributed by atoms with Gasteiger partial charge in [0.2, 0.25) is 11.2 Å². The molecule has 128 valence electrons. The van der Waals surface area contributed by atoms with Crippen molar-refractivity contribution in [2.24, 2.45) is 0 Å². The third-order valence-electron chi connectivity index (χ3n) is 3.42. The van der Waals surface area contributed by atoms with Crippen LogP contribution in [0.1, 0.15) is 6.92 Å². The average molecular weight is 344 g/mol. The van der Waals surface area contributed by atoms with Gasteiger partial charge in [0.05, 0.1) is 0 Å². The van der Waals surface area contributed by atoms with E-state index in [4.69, 9.17) is 9.15 Å². The molecule has 0 saturated heterocycles. The van der Waals surface area contributed by atoms with Gasteiger partial charge in [0.25, 0.3) is 0 Å². The first-order valence-corrected chi connectivity index (χ1v) is 7.01. The molecule has 0 atom stereocenters. The first-order valence-electron chi connectivity index (χ1n) is 7.01. The van der Waals surface area contributed by atoms with Crippen LogP contribution < -0.4 is 10.2 Å². The molecular formula is C17H12O8. The van der Waals surface area contributed by atoms with Gasteiger partial charge in [-0.3, -0.25) is 9.59 Å². The highest BCUT2D eigenvalue weighted by molar-refractivity contribution is 5.88. The molecule has 0 aliphatic carbocycles. The van der Waals surface area contributed by atoms with Crippen molar-refractivity contribution in [1.82, 2.24) is 0 Å². The summed E-state index contributed by atoms with van der Waals surface area (Å²) in [6.07, 6.45) is 0. The Morgan fingerprint density at radius 1 is 1.00 bits per heavy atom. The van der Waals surface area contributed by atoms with Crippen molar-refractivity contribution in [3.63, 3.8) is 0 Å². The van der Waals surface area contributed by atoms with Gasteiger partial charge in [0.1, 0.15) is 22.5 Å². The number of hydrogen-bond acceptors (Lipinski definition) is 8. The fourth-order valence-corrected chi connectivity index (χ4v) is 2.35. The lowest BCUT2D eigenvalue weighted by atomic mass is 10.1. The van der Waals surface area contributed by atoms with E-state index in [1.54, 1.807) is 0 Å². The standard InChI is InChI=1S/C17H12O8/c1-7(18)24-9-5-12(21)14-13(6-9)25-17(16(23)15(14)22)8-2-3-10(19)11(20)4-8/h2-6,19-21,23H,1H3. The van der Waals surface area contributed by atoms with Crippen LogP contribution in [-0.2, 0) is 4.79 Å². The Morgan fingerprint density at radius 2 is 1.72 bits per heavy atom. The molecule has 8 heteroatoms. The molecule has 3 aromatic rings. The van der Waals surface area contributed by atoms with Crippen LogP contribution in [0.2, 0.25) is 0 Å². The van der Waals surface area contributed by atoms with Gasteiger partial charge >= 0.3 is 5.97 Å². The van der Waals surface area contributed by atoms with Crippen molar-refractivity contribution in [3.05, 3.63) is 40.6 Å². The largest absolute Gasteiger partial charge is 0.507 e. The van der Waals surface area contributed by atoms with Gasteiger partial charge in [-0.25, -0.2) is 0 Å². The predicted octanol–water partition coefficient (Wildman–Crippen LogP) is 2.21. The van der Waals surface area contributed by atoms with Gasteiger partial charge in [0.15, 0.2) is 17.3 Å². The molecule has 0 saturated carbocycles. The van der Waals surface area contributed by atoms with E-state index < -0.39 is 28.6 Å². The van der Waals surface area contributed by atoms with Crippen molar-refractivity contribution in [3.8, 4) is 40.1 Å². The molecule has 2 aromatic carbocycles. The molecule has 0 radical (unpaired) electrons. The first-order chi connectivity index (χ1) is 11.8. The van der Waals surface area contributed by atoms with Gasteiger partial charge in [-0.1, -0.05) is 0 Å². The fourth-order valence-electron chi connectivity index (χ4n) is 2.35. The van der Waals surface area contributed by atoms with Gasteiger partial charge in [-0.15, -0.1) is 0 Å². The second kappa shape index (κ2) is 5.75. The normalized spacial score (nSPS) is 10.8. The van der Waals surface area contributed by atoms with Crippen LogP contribution in [0.25, 0.3) is 22.3 Å². The Bertz CT molecular complexity index is 1060. The predicted molar refractivity (Wildman–Crippen MR) is 85.9 cm³/mol. The Labute approximate surface area is 139 Å². The summed E-state index contributed by atoms with van der Waals surface area (Å²) in [5.41, 5.74) is -0.929. The first kappa shape index (κ1) is 16.2. The molecule has 0 aliphatic rings. The van der Waals surface area contributed by atoms with E-state index in [-0.39, 0.29) is 33.8 Å². The quantitative estimate of drug-likeness (QED) is 0.315. The second-order valence-electron chi connectivity index (χ2n) is 5.22. The van der Waals surface area contributed by atoms with Gasteiger partial charge in [-0.05, 0) is 18.2 Å². The maximum Gasteiger partial charge on any atom is 0.308 e. The molecule has 0 unspecified atom stereocenters. The summed E-state index contributed by atoms with van der Waals surface area (Å²) in [5, 5.41) is 38.7. The Kier molecular flexibility index (Phi) is 3.72. The Morgan fingerprint density at radius 3 is 2.36 bits per heavy atom. The highest BCUT2D eigenvalue weighted by Gasteiger charge is 2.20. The van der Waals surface area contributed by atoms with Crippen molar-refractivity contribution >= 4 is 16.9 Å². The molecule has 1 heterocycles. The van der Waals surface area contributed by atoms with E-state index in [1.165, 1.54) is 19.1 Å². The molecule has 0 fully saturated rings. The lowest BCUT2D eigenvalue weighted by Crippen LogP contribution is -2.05. The zero-order valence-corrected chi connectivity index (χ0v) is 12.8. The van der Waals surface area contributed by atoms with Gasteiger partial charge < -0.3 is 29.6 Å². The van der Waals surface area contributed by atoms with E-state index in [9.17, 15) is 30.0 Å². The van der Waals surface area contributed by atoms with Crippen LogP contribution in [0.5, 0.6) is 28.7 Å². The minimum atomic E-state index is -0.907.